The van der Waals surface area contributed by atoms with Crippen molar-refractivity contribution < 1.29 is 14.3 Å². The van der Waals surface area contributed by atoms with Crippen molar-refractivity contribution >= 4 is 23.1 Å². The summed E-state index contributed by atoms with van der Waals surface area (Å²) in [5.41, 5.74) is 5.67. The Morgan fingerprint density at radius 3 is 2.33 bits per heavy atom. The Morgan fingerprint density at radius 1 is 0.967 bits per heavy atom. The van der Waals surface area contributed by atoms with Crippen molar-refractivity contribution in [2.45, 2.75) is 40.5 Å². The fraction of sp³-hybridized carbons (Fsp3) is 0.360. The molecule has 5 nitrogen and oxygen atoms in total. The van der Waals surface area contributed by atoms with Crippen molar-refractivity contribution in [3.63, 3.8) is 0 Å². The van der Waals surface area contributed by atoms with Crippen molar-refractivity contribution in [3.05, 3.63) is 70.4 Å². The van der Waals surface area contributed by atoms with Crippen molar-refractivity contribution in [2.75, 3.05) is 25.1 Å². The number of nitrogens with one attached hydrogen (secondary N) is 1. The monoisotopic (exact) mass is 406 g/mol. The van der Waals surface area contributed by atoms with E-state index in [4.69, 9.17) is 4.74 Å². The largest absolute Gasteiger partial charge is 0.382 e. The number of rotatable bonds is 9. The number of carbonyl (C=O) groups excluding carboxylic acids is 2. The molecule has 158 valence electrons. The predicted molar refractivity (Wildman–Crippen MR) is 120 cm³/mol. The van der Waals surface area contributed by atoms with Crippen LogP contribution in [0.1, 0.15) is 42.5 Å². The molecule has 1 aliphatic rings. The summed E-state index contributed by atoms with van der Waals surface area (Å²) in [5.74, 6) is -0.540. The molecule has 0 saturated heterocycles. The Balaban J connectivity index is 1.96. The first-order valence-electron chi connectivity index (χ1n) is 10.6. The lowest BCUT2D eigenvalue weighted by atomic mass is 9.97. The zero-order valence-electron chi connectivity index (χ0n) is 18.2. The van der Waals surface area contributed by atoms with Crippen molar-refractivity contribution in [2.24, 2.45) is 0 Å². The van der Waals surface area contributed by atoms with Gasteiger partial charge in [-0.15, -0.1) is 0 Å². The smallest absolute Gasteiger partial charge is 0.278 e. The zero-order valence-corrected chi connectivity index (χ0v) is 18.2. The van der Waals surface area contributed by atoms with Gasteiger partial charge in [-0.3, -0.25) is 14.5 Å². The highest BCUT2D eigenvalue weighted by molar-refractivity contribution is 6.36. The van der Waals surface area contributed by atoms with Crippen LogP contribution in [0, 0.1) is 13.8 Å². The number of amides is 2. The molecule has 1 N–H and O–H groups in total. The van der Waals surface area contributed by atoms with Gasteiger partial charge in [0.2, 0.25) is 0 Å². The Hall–Kier alpha value is -2.92. The first kappa shape index (κ1) is 21.8. The number of nitrogens with zero attached hydrogens (tertiary/aromatic N) is 1. The van der Waals surface area contributed by atoms with E-state index in [1.165, 1.54) is 10.5 Å². The average molecular weight is 407 g/mol. The molecule has 0 aromatic heterocycles. The van der Waals surface area contributed by atoms with Gasteiger partial charge in [0.25, 0.3) is 11.8 Å². The van der Waals surface area contributed by atoms with E-state index in [1.807, 2.05) is 63.2 Å². The fourth-order valence-electron chi connectivity index (χ4n) is 3.68. The van der Waals surface area contributed by atoms with Gasteiger partial charge in [0.1, 0.15) is 5.70 Å². The van der Waals surface area contributed by atoms with E-state index in [0.717, 1.165) is 28.8 Å². The molecule has 3 rings (SSSR count). The number of ether oxygens (including phenoxy) is 1. The molecule has 0 saturated carbocycles. The number of carbonyl (C=O) groups is 2. The minimum atomic E-state index is -0.286. The third-order valence-electron chi connectivity index (χ3n) is 5.33. The topological polar surface area (TPSA) is 58.6 Å². The summed E-state index contributed by atoms with van der Waals surface area (Å²) < 4.78 is 5.37. The van der Waals surface area contributed by atoms with Gasteiger partial charge in [0.15, 0.2) is 0 Å². The minimum absolute atomic E-state index is 0.254. The van der Waals surface area contributed by atoms with Gasteiger partial charge in [-0.2, -0.15) is 0 Å². The van der Waals surface area contributed by atoms with Crippen LogP contribution in [0.5, 0.6) is 0 Å². The molecule has 0 radical (unpaired) electrons. The molecular formula is C25H30N2O3. The Morgan fingerprint density at radius 2 is 1.70 bits per heavy atom. The van der Waals surface area contributed by atoms with Crippen molar-refractivity contribution in [1.29, 1.82) is 0 Å². The van der Waals surface area contributed by atoms with Crippen LogP contribution in [-0.4, -0.2) is 36.5 Å². The van der Waals surface area contributed by atoms with Crippen LogP contribution >= 0.6 is 0 Å². The molecule has 2 amide bonds. The lowest BCUT2D eigenvalue weighted by Gasteiger charge is -2.15. The van der Waals surface area contributed by atoms with Gasteiger partial charge < -0.3 is 10.1 Å². The van der Waals surface area contributed by atoms with Crippen LogP contribution in [0.25, 0.3) is 5.57 Å². The molecule has 1 aliphatic heterocycles. The summed E-state index contributed by atoms with van der Waals surface area (Å²) >= 11 is 0. The summed E-state index contributed by atoms with van der Waals surface area (Å²) in [4.78, 5) is 27.8. The molecule has 0 fully saturated rings. The molecule has 2 aromatic carbocycles. The van der Waals surface area contributed by atoms with Crippen LogP contribution in [-0.2, 0) is 20.7 Å². The van der Waals surface area contributed by atoms with E-state index in [9.17, 15) is 9.59 Å². The quantitative estimate of drug-likeness (QED) is 0.493. The second-order valence-electron chi connectivity index (χ2n) is 7.56. The third kappa shape index (κ3) is 4.62. The molecular weight excluding hydrogens is 376 g/mol. The van der Waals surface area contributed by atoms with Gasteiger partial charge in [0, 0.05) is 25.4 Å². The predicted octanol–water partition coefficient (Wildman–Crippen LogP) is 4.48. The number of imide groups is 1. The van der Waals surface area contributed by atoms with Crippen LogP contribution in [0.4, 0.5) is 5.69 Å². The maximum absolute atomic E-state index is 13.3. The highest BCUT2D eigenvalue weighted by atomic mass is 16.5. The Kier molecular flexibility index (Phi) is 7.06. The van der Waals surface area contributed by atoms with Gasteiger partial charge in [-0.05, 0) is 62.4 Å². The van der Waals surface area contributed by atoms with E-state index in [0.29, 0.717) is 37.4 Å². The summed E-state index contributed by atoms with van der Waals surface area (Å²) in [7, 11) is 0. The molecule has 1 heterocycles. The molecule has 5 heteroatoms. The van der Waals surface area contributed by atoms with Gasteiger partial charge in [-0.1, -0.05) is 42.8 Å². The number of hydrogen-bond donors (Lipinski definition) is 1. The van der Waals surface area contributed by atoms with E-state index in [-0.39, 0.29) is 11.8 Å². The molecule has 0 atom stereocenters. The van der Waals surface area contributed by atoms with Crippen LogP contribution in [0.2, 0.25) is 0 Å². The molecule has 0 aliphatic carbocycles. The van der Waals surface area contributed by atoms with E-state index in [2.05, 4.69) is 12.2 Å². The SMILES string of the molecule is CCOCCCN1C(=O)C(Nc2ccc(CC)cc2)=C(c2ccc(C)cc2C)C1=O. The summed E-state index contributed by atoms with van der Waals surface area (Å²) in [6.45, 7) is 9.49. The molecule has 30 heavy (non-hydrogen) atoms. The summed E-state index contributed by atoms with van der Waals surface area (Å²) in [6.07, 6.45) is 1.56. The number of aryl methyl sites for hydroxylation is 3. The highest BCUT2D eigenvalue weighted by Gasteiger charge is 2.39. The average Bonchev–Trinajstić information content (AvgIpc) is 2.96. The van der Waals surface area contributed by atoms with Crippen LogP contribution in [0.15, 0.2) is 48.2 Å². The summed E-state index contributed by atoms with van der Waals surface area (Å²) in [6, 6.07) is 13.9. The highest BCUT2D eigenvalue weighted by Crippen LogP contribution is 2.32. The number of hydrogen-bond acceptors (Lipinski definition) is 4. The lowest BCUT2D eigenvalue weighted by molar-refractivity contribution is -0.137. The number of benzene rings is 2. The van der Waals surface area contributed by atoms with Gasteiger partial charge in [0.05, 0.1) is 5.57 Å². The maximum atomic E-state index is 13.3. The normalized spacial score (nSPS) is 14.1. The van der Waals surface area contributed by atoms with Gasteiger partial charge in [-0.25, -0.2) is 0 Å². The van der Waals surface area contributed by atoms with E-state index < -0.39 is 0 Å². The Labute approximate surface area is 178 Å². The van der Waals surface area contributed by atoms with Crippen LogP contribution < -0.4 is 5.32 Å². The molecule has 0 unspecified atom stereocenters. The molecule has 2 aromatic rings. The number of anilines is 1. The van der Waals surface area contributed by atoms with Crippen molar-refractivity contribution in [1.82, 2.24) is 4.90 Å². The third-order valence-corrected chi connectivity index (χ3v) is 5.33. The summed E-state index contributed by atoms with van der Waals surface area (Å²) in [5, 5.41) is 3.23. The van der Waals surface area contributed by atoms with E-state index in [1.54, 1.807) is 0 Å². The van der Waals surface area contributed by atoms with Crippen LogP contribution in [0.3, 0.4) is 0 Å². The van der Waals surface area contributed by atoms with E-state index >= 15 is 0 Å². The van der Waals surface area contributed by atoms with Crippen molar-refractivity contribution in [3.8, 4) is 0 Å². The standard InChI is InChI=1S/C25H30N2O3/c1-5-19-9-11-20(12-10-19)26-23-22(21-13-8-17(3)16-18(21)4)24(28)27(25(23)29)14-7-15-30-6-2/h8-13,16,26H,5-7,14-15H2,1-4H3. The maximum Gasteiger partial charge on any atom is 0.278 e. The van der Waals surface area contributed by atoms with Gasteiger partial charge >= 0.3 is 0 Å². The first-order valence-corrected chi connectivity index (χ1v) is 10.6. The second kappa shape index (κ2) is 9.72. The zero-order chi connectivity index (χ0) is 21.7. The fourth-order valence-corrected chi connectivity index (χ4v) is 3.68. The lowest BCUT2D eigenvalue weighted by Crippen LogP contribution is -2.34. The Bertz CT molecular complexity index is 961. The molecule has 0 spiro atoms. The molecule has 0 bridgehead atoms. The second-order valence-corrected chi connectivity index (χ2v) is 7.56. The first-order chi connectivity index (χ1) is 14.5. The minimum Gasteiger partial charge on any atom is -0.382 e.